The molecule has 0 radical (unpaired) electrons. The molecule has 174 valence electrons. The maximum Gasteiger partial charge on any atom is 0.267 e. The van der Waals surface area contributed by atoms with Gasteiger partial charge in [-0.2, -0.15) is 0 Å². The summed E-state index contributed by atoms with van der Waals surface area (Å²) in [5.74, 6) is 0.555. The Balaban J connectivity index is 1.42. The van der Waals surface area contributed by atoms with E-state index in [1.165, 1.54) is 16.3 Å². The fourth-order valence-electron chi connectivity index (χ4n) is 3.59. The van der Waals surface area contributed by atoms with Crippen molar-refractivity contribution >= 4 is 34.3 Å². The fourth-order valence-corrected chi connectivity index (χ4v) is 4.42. The number of anilines is 1. The van der Waals surface area contributed by atoms with Gasteiger partial charge < -0.3 is 10.2 Å². The third-order valence-electron chi connectivity index (χ3n) is 5.40. The lowest BCUT2D eigenvalue weighted by Gasteiger charge is -2.19. The minimum absolute atomic E-state index is 0.0986. The third-order valence-corrected chi connectivity index (χ3v) is 6.34. The molecule has 7 nitrogen and oxygen atoms in total. The molecule has 0 aliphatic carbocycles. The summed E-state index contributed by atoms with van der Waals surface area (Å²) in [6, 6.07) is 21.1. The van der Waals surface area contributed by atoms with Gasteiger partial charge >= 0.3 is 0 Å². The van der Waals surface area contributed by atoms with Gasteiger partial charge in [0.2, 0.25) is 5.91 Å². The molecule has 0 aliphatic heterocycles. The Labute approximate surface area is 202 Å². The number of aromatic nitrogens is 3. The van der Waals surface area contributed by atoms with E-state index in [4.69, 9.17) is 0 Å². The van der Waals surface area contributed by atoms with Crippen LogP contribution in [0, 0.1) is 6.92 Å². The first kappa shape index (κ1) is 23.5. The van der Waals surface area contributed by atoms with E-state index < -0.39 is 0 Å². The molecule has 34 heavy (non-hydrogen) atoms. The lowest BCUT2D eigenvalue weighted by atomic mass is 10.2. The molecule has 1 amide bonds. The maximum atomic E-state index is 13.3. The van der Waals surface area contributed by atoms with Gasteiger partial charge in [-0.15, -0.1) is 0 Å². The van der Waals surface area contributed by atoms with Gasteiger partial charge in [-0.1, -0.05) is 42.1 Å². The van der Waals surface area contributed by atoms with Gasteiger partial charge in [0.15, 0.2) is 5.16 Å². The summed E-state index contributed by atoms with van der Waals surface area (Å²) in [5, 5.41) is 3.92. The molecule has 1 N–H and O–H groups in total. The van der Waals surface area contributed by atoms with E-state index in [0.29, 0.717) is 28.4 Å². The van der Waals surface area contributed by atoms with Crippen LogP contribution in [0.5, 0.6) is 0 Å². The van der Waals surface area contributed by atoms with E-state index in [2.05, 4.69) is 32.3 Å². The molecule has 0 spiro atoms. The van der Waals surface area contributed by atoms with Gasteiger partial charge in [0.05, 0.1) is 16.7 Å². The van der Waals surface area contributed by atoms with Crippen LogP contribution < -0.4 is 15.8 Å². The van der Waals surface area contributed by atoms with Gasteiger partial charge in [0, 0.05) is 32.0 Å². The first-order valence-corrected chi connectivity index (χ1v) is 12.1. The molecule has 0 atom stereocenters. The lowest BCUT2D eigenvalue weighted by Crippen LogP contribution is -2.30. The predicted octanol–water partition coefficient (Wildman–Crippen LogP) is 3.82. The first-order chi connectivity index (χ1) is 16.5. The SMILES string of the molecule is Cc1ccnc(-n2c(SCC(=O)NCCCN(C)c3ccccc3)nc3ccccc3c2=O)c1. The van der Waals surface area contributed by atoms with Crippen molar-refractivity contribution in [1.29, 1.82) is 0 Å². The second-order valence-electron chi connectivity index (χ2n) is 7.99. The number of carbonyl (C=O) groups is 1. The van der Waals surface area contributed by atoms with Crippen LogP contribution in [-0.4, -0.2) is 46.3 Å². The standard InChI is InChI=1S/C26H27N5O2S/c1-19-13-15-27-23(17-19)31-25(33)21-11-6-7-12-22(21)29-26(31)34-18-24(32)28-14-8-16-30(2)20-9-4-3-5-10-20/h3-7,9-13,15,17H,8,14,16,18H2,1-2H3,(H,28,32). The zero-order valence-corrected chi connectivity index (χ0v) is 20.1. The van der Waals surface area contributed by atoms with Crippen molar-refractivity contribution in [2.75, 3.05) is 30.8 Å². The summed E-state index contributed by atoms with van der Waals surface area (Å²) < 4.78 is 1.49. The van der Waals surface area contributed by atoms with Gasteiger partial charge in [-0.25, -0.2) is 14.5 Å². The van der Waals surface area contributed by atoms with Gasteiger partial charge in [0.25, 0.3) is 5.56 Å². The second-order valence-corrected chi connectivity index (χ2v) is 8.94. The summed E-state index contributed by atoms with van der Waals surface area (Å²) in [6.45, 7) is 3.36. The van der Waals surface area contributed by atoms with Crippen molar-refractivity contribution in [3.63, 3.8) is 0 Å². The average Bonchev–Trinajstić information content (AvgIpc) is 2.86. The van der Waals surface area contributed by atoms with Crippen LogP contribution in [0.1, 0.15) is 12.0 Å². The molecule has 0 bridgehead atoms. The number of fused-ring (bicyclic) bond motifs is 1. The monoisotopic (exact) mass is 473 g/mol. The first-order valence-electron chi connectivity index (χ1n) is 11.1. The van der Waals surface area contributed by atoms with E-state index in [1.54, 1.807) is 18.3 Å². The van der Waals surface area contributed by atoms with Crippen molar-refractivity contribution in [2.45, 2.75) is 18.5 Å². The number of aryl methyl sites for hydroxylation is 1. The number of hydrogen-bond acceptors (Lipinski definition) is 6. The van der Waals surface area contributed by atoms with E-state index in [9.17, 15) is 9.59 Å². The molecule has 0 aliphatic rings. The minimum atomic E-state index is -0.199. The lowest BCUT2D eigenvalue weighted by molar-refractivity contribution is -0.118. The number of amides is 1. The van der Waals surface area contributed by atoms with Crippen LogP contribution in [0.3, 0.4) is 0 Å². The highest BCUT2D eigenvalue weighted by Crippen LogP contribution is 2.20. The van der Waals surface area contributed by atoms with Gasteiger partial charge in [-0.05, 0) is 55.3 Å². The number of carbonyl (C=O) groups excluding carboxylic acids is 1. The molecular formula is C26H27N5O2S. The topological polar surface area (TPSA) is 80.1 Å². The number of hydrogen-bond donors (Lipinski definition) is 1. The zero-order chi connectivity index (χ0) is 23.9. The molecule has 0 saturated carbocycles. The van der Waals surface area contributed by atoms with Crippen molar-refractivity contribution in [1.82, 2.24) is 19.9 Å². The number of benzene rings is 2. The van der Waals surface area contributed by atoms with Gasteiger partial charge in [-0.3, -0.25) is 9.59 Å². The van der Waals surface area contributed by atoms with Crippen molar-refractivity contribution in [3.8, 4) is 5.82 Å². The molecule has 2 heterocycles. The fraction of sp³-hybridized carbons (Fsp3) is 0.231. The van der Waals surface area contributed by atoms with E-state index in [1.807, 2.05) is 56.4 Å². The van der Waals surface area contributed by atoms with Gasteiger partial charge in [0.1, 0.15) is 5.82 Å². The molecule has 0 fully saturated rings. The molecule has 2 aromatic heterocycles. The Bertz CT molecular complexity index is 1340. The quantitative estimate of drug-likeness (QED) is 0.226. The van der Waals surface area contributed by atoms with Crippen molar-refractivity contribution in [3.05, 3.63) is 88.8 Å². The molecule has 0 saturated heterocycles. The van der Waals surface area contributed by atoms with E-state index >= 15 is 0 Å². The molecule has 4 rings (SSSR count). The highest BCUT2D eigenvalue weighted by atomic mass is 32.2. The summed E-state index contributed by atoms with van der Waals surface area (Å²) in [6.07, 6.45) is 2.49. The van der Waals surface area contributed by atoms with Crippen molar-refractivity contribution < 1.29 is 4.79 Å². The number of nitrogens with one attached hydrogen (secondary N) is 1. The normalized spacial score (nSPS) is 10.9. The number of para-hydroxylation sites is 2. The van der Waals surface area contributed by atoms with Crippen LogP contribution in [0.2, 0.25) is 0 Å². The highest BCUT2D eigenvalue weighted by Gasteiger charge is 2.15. The number of thioether (sulfide) groups is 1. The summed E-state index contributed by atoms with van der Waals surface area (Å²) in [4.78, 5) is 37.0. The number of nitrogens with zero attached hydrogens (tertiary/aromatic N) is 4. The molecule has 2 aromatic carbocycles. The number of rotatable bonds is 9. The smallest absolute Gasteiger partial charge is 0.267 e. The summed E-state index contributed by atoms with van der Waals surface area (Å²) in [5.41, 5.74) is 2.53. The summed E-state index contributed by atoms with van der Waals surface area (Å²) >= 11 is 1.24. The molecular weight excluding hydrogens is 446 g/mol. The van der Waals surface area contributed by atoms with Crippen LogP contribution in [0.15, 0.2) is 82.9 Å². The molecule has 0 unspecified atom stereocenters. The Kier molecular flexibility index (Phi) is 7.59. The van der Waals surface area contributed by atoms with Crippen LogP contribution in [0.25, 0.3) is 16.7 Å². The van der Waals surface area contributed by atoms with Crippen LogP contribution in [-0.2, 0) is 4.79 Å². The number of pyridine rings is 1. The molecule has 8 heteroatoms. The minimum Gasteiger partial charge on any atom is -0.375 e. The zero-order valence-electron chi connectivity index (χ0n) is 19.3. The Hall–Kier alpha value is -3.65. The van der Waals surface area contributed by atoms with E-state index in [-0.39, 0.29) is 17.2 Å². The highest BCUT2D eigenvalue weighted by molar-refractivity contribution is 7.99. The third kappa shape index (κ3) is 5.63. The van der Waals surface area contributed by atoms with E-state index in [0.717, 1.165) is 24.2 Å². The largest absolute Gasteiger partial charge is 0.375 e. The second kappa shape index (κ2) is 11.0. The van der Waals surface area contributed by atoms with Crippen molar-refractivity contribution in [2.24, 2.45) is 0 Å². The van der Waals surface area contributed by atoms with Crippen LogP contribution in [0.4, 0.5) is 5.69 Å². The maximum absolute atomic E-state index is 13.3. The predicted molar refractivity (Wildman–Crippen MR) is 138 cm³/mol. The summed E-state index contributed by atoms with van der Waals surface area (Å²) in [7, 11) is 2.04. The Morgan fingerprint density at radius 2 is 1.85 bits per heavy atom. The Morgan fingerprint density at radius 3 is 2.65 bits per heavy atom. The average molecular weight is 474 g/mol. The molecule has 4 aromatic rings. The Morgan fingerprint density at radius 1 is 1.09 bits per heavy atom. The van der Waals surface area contributed by atoms with Crippen LogP contribution >= 0.6 is 11.8 Å².